The summed E-state index contributed by atoms with van der Waals surface area (Å²) in [7, 11) is 0. The average molecular weight is 445 g/mol. The third kappa shape index (κ3) is 3.96. The summed E-state index contributed by atoms with van der Waals surface area (Å²) < 4.78 is 20.1. The van der Waals surface area contributed by atoms with E-state index in [1.54, 1.807) is 23.1 Å². The van der Waals surface area contributed by atoms with Gasteiger partial charge in [-0.1, -0.05) is 12.1 Å². The molecule has 1 aliphatic heterocycles. The minimum absolute atomic E-state index is 0.0181. The van der Waals surface area contributed by atoms with E-state index < -0.39 is 5.91 Å². The Morgan fingerprint density at radius 3 is 2.58 bits per heavy atom. The van der Waals surface area contributed by atoms with Crippen molar-refractivity contribution in [3.8, 4) is 11.1 Å². The van der Waals surface area contributed by atoms with Crippen LogP contribution in [0, 0.1) is 12.7 Å². The number of fused-ring (bicyclic) bond motifs is 3. The van der Waals surface area contributed by atoms with Gasteiger partial charge in [0, 0.05) is 40.5 Å². The Kier molecular flexibility index (Phi) is 5.34. The highest BCUT2D eigenvalue weighted by atomic mass is 19.1. The smallest absolute Gasteiger partial charge is 0.254 e. The summed E-state index contributed by atoms with van der Waals surface area (Å²) in [5.41, 5.74) is 10.3. The topological polar surface area (TPSA) is 88.4 Å². The first-order chi connectivity index (χ1) is 15.9. The molecule has 0 spiro atoms. The number of aromatic amines is 1. The van der Waals surface area contributed by atoms with E-state index in [0.29, 0.717) is 48.6 Å². The molecule has 2 amide bonds. The number of benzene rings is 3. The van der Waals surface area contributed by atoms with Crippen LogP contribution in [-0.4, -0.2) is 48.0 Å². The second-order valence-corrected chi connectivity index (χ2v) is 8.47. The largest absolute Gasteiger partial charge is 0.378 e. The molecule has 5 rings (SSSR count). The van der Waals surface area contributed by atoms with E-state index in [0.717, 1.165) is 27.4 Å². The fraction of sp³-hybridized carbons (Fsp3) is 0.231. The lowest BCUT2D eigenvalue weighted by Gasteiger charge is -2.26. The van der Waals surface area contributed by atoms with E-state index in [2.05, 4.69) is 4.98 Å². The predicted octanol–water partition coefficient (Wildman–Crippen LogP) is 3.94. The van der Waals surface area contributed by atoms with E-state index in [1.807, 2.05) is 31.2 Å². The number of aryl methyl sites for hydroxylation is 1. The van der Waals surface area contributed by atoms with Crippen LogP contribution in [0.5, 0.6) is 0 Å². The number of carbonyl (C=O) groups excluding carboxylic acids is 2. The quantitative estimate of drug-likeness (QED) is 0.499. The Balaban J connectivity index is 1.69. The van der Waals surface area contributed by atoms with Gasteiger partial charge in [-0.25, -0.2) is 4.39 Å². The minimum atomic E-state index is -0.473. The zero-order chi connectivity index (χ0) is 23.1. The van der Waals surface area contributed by atoms with Crippen LogP contribution in [0.25, 0.3) is 32.9 Å². The van der Waals surface area contributed by atoms with E-state index in [1.165, 1.54) is 6.07 Å². The molecule has 0 bridgehead atoms. The fourth-order valence-electron chi connectivity index (χ4n) is 4.49. The first-order valence-electron chi connectivity index (χ1n) is 10.9. The van der Waals surface area contributed by atoms with Gasteiger partial charge in [0.15, 0.2) is 0 Å². The number of aromatic nitrogens is 1. The van der Waals surface area contributed by atoms with Crippen molar-refractivity contribution < 1.29 is 18.7 Å². The van der Waals surface area contributed by atoms with Crippen LogP contribution >= 0.6 is 0 Å². The average Bonchev–Trinajstić information content (AvgIpc) is 3.17. The molecular weight excluding hydrogens is 421 g/mol. The van der Waals surface area contributed by atoms with Crippen LogP contribution in [0.4, 0.5) is 4.39 Å². The molecule has 0 aliphatic carbocycles. The Bertz CT molecular complexity index is 1400. The highest BCUT2D eigenvalue weighted by Crippen LogP contribution is 2.35. The number of ether oxygens (including phenoxy) is 1. The van der Waals surface area contributed by atoms with Crippen LogP contribution in [0.3, 0.4) is 0 Å². The van der Waals surface area contributed by atoms with Crippen LogP contribution in [-0.2, 0) is 16.0 Å². The van der Waals surface area contributed by atoms with Crippen LogP contribution in [0.1, 0.15) is 21.5 Å². The first kappa shape index (κ1) is 21.2. The molecule has 6 nitrogen and oxygen atoms in total. The SMILES string of the molecule is Cc1ccc(-c2cc(CC(N)=O)c3[nH]c4ccc(C(=O)N5CCOCC5)cc4c3c2)c(F)c1. The predicted molar refractivity (Wildman–Crippen MR) is 126 cm³/mol. The maximum absolute atomic E-state index is 14.8. The second kappa shape index (κ2) is 8.33. The molecule has 0 radical (unpaired) electrons. The molecule has 4 aromatic rings. The molecule has 0 saturated carbocycles. The molecule has 1 aromatic heterocycles. The van der Waals surface area contributed by atoms with Gasteiger partial charge in [-0.05, 0) is 60.0 Å². The maximum Gasteiger partial charge on any atom is 0.254 e. The Labute approximate surface area is 190 Å². The van der Waals surface area contributed by atoms with Crippen molar-refractivity contribution in [2.24, 2.45) is 5.73 Å². The molecule has 1 saturated heterocycles. The van der Waals surface area contributed by atoms with Crippen molar-refractivity contribution in [2.45, 2.75) is 13.3 Å². The Morgan fingerprint density at radius 2 is 1.85 bits per heavy atom. The summed E-state index contributed by atoms with van der Waals surface area (Å²) in [4.78, 5) is 29.9. The monoisotopic (exact) mass is 445 g/mol. The molecule has 3 N–H and O–H groups in total. The fourth-order valence-corrected chi connectivity index (χ4v) is 4.49. The van der Waals surface area contributed by atoms with Crippen molar-refractivity contribution in [3.05, 3.63) is 71.0 Å². The number of H-pyrrole nitrogens is 1. The number of nitrogens with one attached hydrogen (secondary N) is 1. The summed E-state index contributed by atoms with van der Waals surface area (Å²) in [5.74, 6) is -0.852. The van der Waals surface area contributed by atoms with Gasteiger partial charge < -0.3 is 20.4 Å². The van der Waals surface area contributed by atoms with Gasteiger partial charge in [-0.15, -0.1) is 0 Å². The molecule has 0 atom stereocenters. The number of halogens is 1. The molecular formula is C26H24FN3O3. The number of carbonyl (C=O) groups is 2. The van der Waals surface area contributed by atoms with Gasteiger partial charge in [-0.2, -0.15) is 0 Å². The van der Waals surface area contributed by atoms with Gasteiger partial charge in [0.25, 0.3) is 5.91 Å². The summed E-state index contributed by atoms with van der Waals surface area (Å²) in [6.07, 6.45) is 0.0181. The number of hydrogen-bond donors (Lipinski definition) is 2. The van der Waals surface area contributed by atoms with Gasteiger partial charge in [-0.3, -0.25) is 9.59 Å². The normalized spacial score (nSPS) is 14.2. The lowest BCUT2D eigenvalue weighted by atomic mass is 9.96. The molecule has 7 heteroatoms. The van der Waals surface area contributed by atoms with E-state index in [4.69, 9.17) is 10.5 Å². The van der Waals surface area contributed by atoms with Crippen molar-refractivity contribution in [2.75, 3.05) is 26.3 Å². The number of primary amides is 1. The summed E-state index contributed by atoms with van der Waals surface area (Å²) in [6, 6.07) is 14.3. The van der Waals surface area contributed by atoms with Crippen LogP contribution in [0.15, 0.2) is 48.5 Å². The van der Waals surface area contributed by atoms with Crippen molar-refractivity contribution in [1.29, 1.82) is 0 Å². The molecule has 33 heavy (non-hydrogen) atoms. The van der Waals surface area contributed by atoms with Crippen molar-refractivity contribution >= 4 is 33.6 Å². The third-order valence-corrected chi connectivity index (χ3v) is 6.13. The number of rotatable bonds is 4. The van der Waals surface area contributed by atoms with Gasteiger partial charge in [0.05, 0.1) is 25.2 Å². The summed E-state index contributed by atoms with van der Waals surface area (Å²) in [5, 5.41) is 1.65. The van der Waals surface area contributed by atoms with Gasteiger partial charge in [0.2, 0.25) is 5.91 Å². The lowest BCUT2D eigenvalue weighted by molar-refractivity contribution is -0.117. The second-order valence-electron chi connectivity index (χ2n) is 8.47. The molecule has 1 aliphatic rings. The zero-order valence-corrected chi connectivity index (χ0v) is 18.3. The summed E-state index contributed by atoms with van der Waals surface area (Å²) >= 11 is 0. The number of amides is 2. The molecule has 0 unspecified atom stereocenters. The maximum atomic E-state index is 14.8. The highest BCUT2D eigenvalue weighted by Gasteiger charge is 2.20. The van der Waals surface area contributed by atoms with E-state index >= 15 is 0 Å². The number of hydrogen-bond acceptors (Lipinski definition) is 3. The minimum Gasteiger partial charge on any atom is -0.378 e. The van der Waals surface area contributed by atoms with Crippen molar-refractivity contribution in [3.63, 3.8) is 0 Å². The molecule has 168 valence electrons. The standard InChI is InChI=1S/C26H24FN3O3/c1-15-2-4-19(22(27)10-15)17-11-18(14-24(28)31)25-21(13-17)20-12-16(3-5-23(20)29-25)26(32)30-6-8-33-9-7-30/h2-5,10-13,29H,6-9,14H2,1H3,(H2,28,31). The Morgan fingerprint density at radius 1 is 1.06 bits per heavy atom. The first-order valence-corrected chi connectivity index (χ1v) is 10.9. The Hall–Kier alpha value is -3.71. The van der Waals surface area contributed by atoms with E-state index in [9.17, 15) is 14.0 Å². The zero-order valence-electron chi connectivity index (χ0n) is 18.3. The van der Waals surface area contributed by atoms with Gasteiger partial charge in [0.1, 0.15) is 5.82 Å². The molecule has 3 aromatic carbocycles. The number of nitrogens with two attached hydrogens (primary N) is 1. The van der Waals surface area contributed by atoms with Crippen LogP contribution in [0.2, 0.25) is 0 Å². The lowest BCUT2D eigenvalue weighted by Crippen LogP contribution is -2.40. The van der Waals surface area contributed by atoms with Crippen LogP contribution < -0.4 is 5.73 Å². The van der Waals surface area contributed by atoms with Crippen molar-refractivity contribution in [1.82, 2.24) is 9.88 Å². The molecule has 2 heterocycles. The molecule has 1 fully saturated rings. The third-order valence-electron chi connectivity index (χ3n) is 6.13. The summed E-state index contributed by atoms with van der Waals surface area (Å²) in [6.45, 7) is 4.02. The highest BCUT2D eigenvalue weighted by molar-refractivity contribution is 6.12. The number of nitrogens with zero attached hydrogens (tertiary/aromatic N) is 1. The van der Waals surface area contributed by atoms with E-state index in [-0.39, 0.29) is 18.1 Å². The number of morpholine rings is 1. The van der Waals surface area contributed by atoms with Gasteiger partial charge >= 0.3 is 0 Å².